The van der Waals surface area contributed by atoms with E-state index in [0.717, 1.165) is 16.3 Å². The van der Waals surface area contributed by atoms with E-state index < -0.39 is 10.0 Å². The highest BCUT2D eigenvalue weighted by atomic mass is 32.2. The summed E-state index contributed by atoms with van der Waals surface area (Å²) in [6.07, 6.45) is 4.07. The maximum Gasteiger partial charge on any atom is 0.217 e. The molecule has 3 aromatic rings. The molecule has 1 aliphatic heterocycles. The largest absolute Gasteiger partial charge is 0.344 e. The third-order valence-electron chi connectivity index (χ3n) is 5.05. The highest BCUT2D eigenvalue weighted by Crippen LogP contribution is 2.21. The minimum Gasteiger partial charge on any atom is -0.344 e. The van der Waals surface area contributed by atoms with E-state index in [1.807, 2.05) is 36.4 Å². The lowest BCUT2D eigenvalue weighted by molar-refractivity contribution is 0.386. The Bertz CT molecular complexity index is 1120. The molecule has 0 unspecified atom stereocenters. The van der Waals surface area contributed by atoms with Gasteiger partial charge in [-0.05, 0) is 23.3 Å². The van der Waals surface area contributed by atoms with Crippen LogP contribution in [0.15, 0.2) is 60.7 Å². The molecule has 0 N–H and O–H groups in total. The van der Waals surface area contributed by atoms with Gasteiger partial charge in [-0.2, -0.15) is 8.68 Å². The van der Waals surface area contributed by atoms with Crippen LogP contribution in [-0.4, -0.2) is 54.0 Å². The molecule has 162 valence electrons. The fraction of sp³-hybridized carbons (Fsp3) is 0.273. The molecule has 6 nitrogen and oxygen atoms in total. The van der Waals surface area contributed by atoms with Crippen molar-refractivity contribution in [3.05, 3.63) is 83.4 Å². The predicted octanol–water partition coefficient (Wildman–Crippen LogP) is 3.43. The van der Waals surface area contributed by atoms with E-state index in [4.69, 9.17) is 0 Å². The molecule has 1 aliphatic rings. The number of nitrogens with zero attached hydrogens (tertiary/aromatic N) is 4. The van der Waals surface area contributed by atoms with E-state index >= 15 is 0 Å². The Balaban J connectivity index is 1.30. The van der Waals surface area contributed by atoms with Gasteiger partial charge in [0.15, 0.2) is 0 Å². The summed E-state index contributed by atoms with van der Waals surface area (Å²) in [5, 5.41) is 0.790. The lowest BCUT2D eigenvalue weighted by Gasteiger charge is -2.33. The fourth-order valence-corrected chi connectivity index (χ4v) is 5.37. The van der Waals surface area contributed by atoms with E-state index in [1.54, 1.807) is 22.5 Å². The molecule has 0 aliphatic carbocycles. The molecule has 9 heteroatoms. The van der Waals surface area contributed by atoms with Crippen LogP contribution in [-0.2, 0) is 16.4 Å². The molecule has 0 spiro atoms. The second-order valence-corrected chi connectivity index (χ2v) is 10.0. The second-order valence-electron chi connectivity index (χ2n) is 7.27. The number of halogens is 1. The molecule has 0 atom stereocenters. The van der Waals surface area contributed by atoms with E-state index in [1.165, 1.54) is 23.7 Å². The van der Waals surface area contributed by atoms with Crippen molar-refractivity contribution in [3.63, 3.8) is 0 Å². The molecule has 1 aromatic heterocycles. The first-order valence-electron chi connectivity index (χ1n) is 10.0. The number of hydrogen-bond acceptors (Lipinski definition) is 6. The lowest BCUT2D eigenvalue weighted by Crippen LogP contribution is -2.49. The normalized spacial score (nSPS) is 15.6. The van der Waals surface area contributed by atoms with Crippen molar-refractivity contribution in [1.29, 1.82) is 0 Å². The molecule has 1 fully saturated rings. The number of aromatic nitrogens is 2. The van der Waals surface area contributed by atoms with Crippen molar-refractivity contribution in [3.8, 4) is 0 Å². The summed E-state index contributed by atoms with van der Waals surface area (Å²) in [6, 6.07) is 16.0. The first-order chi connectivity index (χ1) is 15.0. The van der Waals surface area contributed by atoms with E-state index in [2.05, 4.69) is 14.3 Å². The number of anilines is 1. The van der Waals surface area contributed by atoms with Crippen molar-refractivity contribution >= 4 is 32.8 Å². The molecular formula is C22H23FN4O2S2. The van der Waals surface area contributed by atoms with Crippen LogP contribution in [0.25, 0.3) is 6.08 Å². The standard InChI is InChI=1S/C22H23FN4O2S2/c23-20-10-8-19(9-11-20)17-21-24-22(30-25-21)26-12-14-27(15-13-26)31(28,29)16-4-7-18-5-2-1-3-6-18/h1-11H,12-17H2/b7-4+. The highest BCUT2D eigenvalue weighted by Gasteiger charge is 2.27. The van der Waals surface area contributed by atoms with Gasteiger partial charge in [0.25, 0.3) is 0 Å². The van der Waals surface area contributed by atoms with Crippen LogP contribution in [0.4, 0.5) is 9.52 Å². The van der Waals surface area contributed by atoms with Crippen LogP contribution in [0.1, 0.15) is 17.0 Å². The summed E-state index contributed by atoms with van der Waals surface area (Å²) < 4.78 is 44.3. The Kier molecular flexibility index (Phi) is 6.74. The van der Waals surface area contributed by atoms with Crippen LogP contribution < -0.4 is 4.90 Å². The quantitative estimate of drug-likeness (QED) is 0.543. The molecule has 1 saturated heterocycles. The van der Waals surface area contributed by atoms with Gasteiger partial charge in [0, 0.05) is 44.1 Å². The van der Waals surface area contributed by atoms with Crippen LogP contribution in [0.5, 0.6) is 0 Å². The zero-order chi connectivity index (χ0) is 21.7. The Labute approximate surface area is 185 Å². The number of piperazine rings is 1. The predicted molar refractivity (Wildman–Crippen MR) is 122 cm³/mol. The highest BCUT2D eigenvalue weighted by molar-refractivity contribution is 7.89. The number of rotatable bonds is 7. The molecule has 2 heterocycles. The van der Waals surface area contributed by atoms with Crippen molar-refractivity contribution in [1.82, 2.24) is 13.7 Å². The van der Waals surface area contributed by atoms with Crippen molar-refractivity contribution in [2.24, 2.45) is 0 Å². The first-order valence-corrected chi connectivity index (χ1v) is 12.4. The number of sulfonamides is 1. The first kappa shape index (κ1) is 21.6. The van der Waals surface area contributed by atoms with Crippen molar-refractivity contribution in [2.75, 3.05) is 36.8 Å². The monoisotopic (exact) mass is 458 g/mol. The summed E-state index contributed by atoms with van der Waals surface area (Å²) in [5.74, 6) is 0.412. The zero-order valence-corrected chi connectivity index (χ0v) is 18.5. The van der Waals surface area contributed by atoms with Gasteiger partial charge < -0.3 is 4.90 Å². The molecule has 4 rings (SSSR count). The van der Waals surface area contributed by atoms with Gasteiger partial charge in [-0.1, -0.05) is 54.6 Å². The lowest BCUT2D eigenvalue weighted by atomic mass is 10.1. The molecule has 31 heavy (non-hydrogen) atoms. The third kappa shape index (κ3) is 5.75. The average molecular weight is 459 g/mol. The summed E-state index contributed by atoms with van der Waals surface area (Å²) in [4.78, 5) is 6.65. The molecule has 2 aromatic carbocycles. The van der Waals surface area contributed by atoms with E-state index in [9.17, 15) is 12.8 Å². The van der Waals surface area contributed by atoms with Crippen molar-refractivity contribution < 1.29 is 12.8 Å². The maximum atomic E-state index is 13.0. The summed E-state index contributed by atoms with van der Waals surface area (Å²) >= 11 is 1.31. The van der Waals surface area contributed by atoms with E-state index in [0.29, 0.717) is 38.4 Å². The Morgan fingerprint density at radius 1 is 1.00 bits per heavy atom. The van der Waals surface area contributed by atoms with Crippen LogP contribution in [0.3, 0.4) is 0 Å². The summed E-state index contributed by atoms with van der Waals surface area (Å²) in [5.41, 5.74) is 1.93. The minimum atomic E-state index is -3.34. The van der Waals surface area contributed by atoms with Gasteiger partial charge in [0.2, 0.25) is 15.2 Å². The number of hydrogen-bond donors (Lipinski definition) is 0. The topological polar surface area (TPSA) is 66.4 Å². The average Bonchev–Trinajstić information content (AvgIpc) is 3.25. The number of benzene rings is 2. The van der Waals surface area contributed by atoms with Crippen LogP contribution in [0, 0.1) is 5.82 Å². The summed E-state index contributed by atoms with van der Waals surface area (Å²) in [7, 11) is -3.34. The van der Waals surface area contributed by atoms with Crippen LogP contribution >= 0.6 is 11.5 Å². The fourth-order valence-electron chi connectivity index (χ4n) is 3.36. The molecule has 0 radical (unpaired) electrons. The maximum absolute atomic E-state index is 13.0. The third-order valence-corrected chi connectivity index (χ3v) is 7.63. The minimum absolute atomic E-state index is 0.0114. The van der Waals surface area contributed by atoms with Gasteiger partial charge in [-0.25, -0.2) is 17.8 Å². The van der Waals surface area contributed by atoms with Gasteiger partial charge in [-0.15, -0.1) is 0 Å². The Morgan fingerprint density at radius 2 is 1.71 bits per heavy atom. The molecule has 0 saturated carbocycles. The van der Waals surface area contributed by atoms with Gasteiger partial charge in [0.1, 0.15) is 11.6 Å². The summed E-state index contributed by atoms with van der Waals surface area (Å²) in [6.45, 7) is 2.00. The van der Waals surface area contributed by atoms with Crippen molar-refractivity contribution in [2.45, 2.75) is 6.42 Å². The van der Waals surface area contributed by atoms with Gasteiger partial charge >= 0.3 is 0 Å². The van der Waals surface area contributed by atoms with Gasteiger partial charge in [-0.3, -0.25) is 0 Å². The Morgan fingerprint density at radius 3 is 2.42 bits per heavy atom. The van der Waals surface area contributed by atoms with E-state index in [-0.39, 0.29) is 11.6 Å². The zero-order valence-electron chi connectivity index (χ0n) is 16.9. The smallest absolute Gasteiger partial charge is 0.217 e. The second kappa shape index (κ2) is 9.67. The molecule has 0 bridgehead atoms. The van der Waals surface area contributed by atoms with Gasteiger partial charge in [0.05, 0.1) is 5.75 Å². The Hall–Kier alpha value is -2.62. The molecular weight excluding hydrogens is 435 g/mol. The molecule has 0 amide bonds. The van der Waals surface area contributed by atoms with Crippen LogP contribution in [0.2, 0.25) is 0 Å². The SMILES string of the molecule is O=S(=O)(C/C=C/c1ccccc1)N1CCN(c2nc(Cc3ccc(F)cc3)ns2)CC1.